The fourth-order valence-corrected chi connectivity index (χ4v) is 27.4. The van der Waals surface area contributed by atoms with Gasteiger partial charge in [0.05, 0.1) is 6.61 Å². The first-order valence-corrected chi connectivity index (χ1v) is 21.2. The van der Waals surface area contributed by atoms with Gasteiger partial charge in [0.15, 0.2) is 16.6 Å². The summed E-state index contributed by atoms with van der Waals surface area (Å²) >= 11 is 0. The highest BCUT2D eigenvalue weighted by Crippen LogP contribution is 2.30. The highest BCUT2D eigenvalue weighted by molar-refractivity contribution is 7.35. The maximum absolute atomic E-state index is 11.5. The number of ether oxygens (including phenoxy) is 1. The summed E-state index contributed by atoms with van der Waals surface area (Å²) < 4.78 is 18.4. The molecule has 1 unspecified atom stereocenters. The van der Waals surface area contributed by atoms with Gasteiger partial charge >= 0.3 is 8.08 Å². The molecule has 0 saturated heterocycles. The summed E-state index contributed by atoms with van der Waals surface area (Å²) in [4.78, 5) is 11.5. The minimum absolute atomic E-state index is 0.584. The lowest BCUT2D eigenvalue weighted by Crippen LogP contribution is -2.68. The number of hydrogen-bond acceptors (Lipinski definition) is 4. The largest absolute Gasteiger partial charge is 0.454 e. The van der Waals surface area contributed by atoms with Crippen molar-refractivity contribution in [1.82, 2.24) is 0 Å². The standard InChI is InChI=1S/C15H38O4Si4/c1-15(2)14-17-12-11-13-23(16,19-21(6,7)8)22(9,10)18-20(3,4)5/h16H,1,11-14H2,2-10H3. The summed E-state index contributed by atoms with van der Waals surface area (Å²) in [7, 11) is -8.73. The average molecular weight is 395 g/mol. The molecule has 0 aliphatic carbocycles. The third kappa shape index (κ3) is 10.1. The molecule has 0 amide bonds. The Morgan fingerprint density at radius 3 is 1.78 bits per heavy atom. The second kappa shape index (κ2) is 8.70. The van der Waals surface area contributed by atoms with E-state index in [1.54, 1.807) is 0 Å². The zero-order valence-corrected chi connectivity index (χ0v) is 20.7. The van der Waals surface area contributed by atoms with Crippen LogP contribution in [0, 0.1) is 0 Å². The van der Waals surface area contributed by atoms with Crippen molar-refractivity contribution in [3.63, 3.8) is 0 Å². The van der Waals surface area contributed by atoms with E-state index < -0.39 is 32.5 Å². The molecule has 0 radical (unpaired) electrons. The van der Waals surface area contributed by atoms with Gasteiger partial charge in [-0.3, -0.25) is 0 Å². The highest BCUT2D eigenvalue weighted by Gasteiger charge is 2.55. The van der Waals surface area contributed by atoms with Gasteiger partial charge in [0, 0.05) is 6.61 Å². The zero-order chi connectivity index (χ0) is 18.5. The van der Waals surface area contributed by atoms with Gasteiger partial charge in [-0.15, -0.1) is 0 Å². The average Bonchev–Trinajstić information content (AvgIpc) is 2.21. The van der Waals surface area contributed by atoms with Crippen LogP contribution in [-0.4, -0.2) is 50.6 Å². The molecule has 0 saturated carbocycles. The van der Waals surface area contributed by atoms with Crippen LogP contribution in [0.4, 0.5) is 0 Å². The van der Waals surface area contributed by atoms with Crippen LogP contribution in [0.3, 0.4) is 0 Å². The fraction of sp³-hybridized carbons (Fsp3) is 0.867. The maximum atomic E-state index is 11.5. The lowest BCUT2D eigenvalue weighted by atomic mass is 10.4. The van der Waals surface area contributed by atoms with Crippen LogP contribution in [0.25, 0.3) is 0 Å². The number of hydrogen-bond donors (Lipinski definition) is 1. The Morgan fingerprint density at radius 1 is 0.913 bits per heavy atom. The third-order valence-electron chi connectivity index (χ3n) is 3.13. The summed E-state index contributed by atoms with van der Waals surface area (Å²) in [6.45, 7) is 24.2. The Hall–Kier alpha value is 0.448. The lowest BCUT2D eigenvalue weighted by Gasteiger charge is -2.44. The molecular formula is C15H38O4Si4. The topological polar surface area (TPSA) is 47.9 Å². The first-order valence-electron chi connectivity index (χ1n) is 8.43. The Balaban J connectivity index is 4.99. The van der Waals surface area contributed by atoms with E-state index in [-0.39, 0.29) is 0 Å². The molecule has 0 aromatic rings. The molecule has 0 aromatic heterocycles. The minimum Gasteiger partial charge on any atom is -0.454 e. The van der Waals surface area contributed by atoms with Gasteiger partial charge in [0.1, 0.15) is 0 Å². The van der Waals surface area contributed by atoms with Crippen LogP contribution >= 0.6 is 0 Å². The van der Waals surface area contributed by atoms with E-state index in [0.29, 0.717) is 19.3 Å². The van der Waals surface area contributed by atoms with Crippen LogP contribution in [0.2, 0.25) is 58.4 Å². The first-order chi connectivity index (χ1) is 10.1. The van der Waals surface area contributed by atoms with Crippen molar-refractivity contribution >= 4 is 32.5 Å². The van der Waals surface area contributed by atoms with Crippen molar-refractivity contribution in [1.29, 1.82) is 0 Å². The van der Waals surface area contributed by atoms with Crippen molar-refractivity contribution < 1.29 is 17.8 Å². The summed E-state index contributed by atoms with van der Waals surface area (Å²) in [5.74, 6) is 0. The summed E-state index contributed by atoms with van der Waals surface area (Å²) in [6.07, 6.45) is 0.811. The monoisotopic (exact) mass is 394 g/mol. The second-order valence-corrected chi connectivity index (χ2v) is 30.0. The van der Waals surface area contributed by atoms with Crippen LogP contribution in [0.1, 0.15) is 13.3 Å². The molecule has 0 aromatic carbocycles. The molecular weight excluding hydrogens is 357 g/mol. The summed E-state index contributed by atoms with van der Waals surface area (Å²) in [5.41, 5.74) is 1.02. The van der Waals surface area contributed by atoms with Crippen molar-refractivity contribution in [3.05, 3.63) is 12.2 Å². The SMILES string of the molecule is C=C(C)COCCC[Si](O)(O[Si](C)(C)C)[Si](C)(C)O[Si](C)(C)C. The molecule has 0 fully saturated rings. The van der Waals surface area contributed by atoms with E-state index in [9.17, 15) is 4.80 Å². The van der Waals surface area contributed by atoms with E-state index in [1.165, 1.54) is 0 Å². The molecule has 1 atom stereocenters. The van der Waals surface area contributed by atoms with Crippen molar-refractivity contribution in [2.45, 2.75) is 71.8 Å². The summed E-state index contributed by atoms with van der Waals surface area (Å²) in [6, 6.07) is 0.692. The molecule has 0 heterocycles. The Kier molecular flexibility index (Phi) is 8.87. The molecule has 0 rings (SSSR count). The van der Waals surface area contributed by atoms with Crippen LogP contribution < -0.4 is 0 Å². The third-order valence-corrected chi connectivity index (χ3v) is 22.6. The first kappa shape index (κ1) is 23.4. The molecule has 0 aliphatic rings. The molecule has 4 nitrogen and oxygen atoms in total. The molecule has 0 spiro atoms. The predicted octanol–water partition coefficient (Wildman–Crippen LogP) is 4.39. The molecule has 23 heavy (non-hydrogen) atoms. The van der Waals surface area contributed by atoms with Gasteiger partial charge in [-0.05, 0) is 71.8 Å². The normalized spacial score (nSPS) is 16.3. The summed E-state index contributed by atoms with van der Waals surface area (Å²) in [5, 5.41) is 0. The van der Waals surface area contributed by atoms with Crippen LogP contribution in [0.5, 0.6) is 0 Å². The van der Waals surface area contributed by atoms with Crippen LogP contribution in [-0.2, 0) is 13.0 Å². The Bertz CT molecular complexity index is 388. The van der Waals surface area contributed by atoms with E-state index in [2.05, 4.69) is 59.0 Å². The molecule has 0 bridgehead atoms. The van der Waals surface area contributed by atoms with Crippen molar-refractivity contribution in [3.8, 4) is 0 Å². The van der Waals surface area contributed by atoms with Crippen molar-refractivity contribution in [2.75, 3.05) is 13.2 Å². The van der Waals surface area contributed by atoms with E-state index in [4.69, 9.17) is 13.0 Å². The van der Waals surface area contributed by atoms with Gasteiger partial charge < -0.3 is 17.8 Å². The lowest BCUT2D eigenvalue weighted by molar-refractivity contribution is 0.155. The molecule has 138 valence electrons. The van der Waals surface area contributed by atoms with Gasteiger partial charge in [-0.25, -0.2) is 0 Å². The highest BCUT2D eigenvalue weighted by atomic mass is 29.3. The van der Waals surface area contributed by atoms with Crippen molar-refractivity contribution in [2.24, 2.45) is 0 Å². The quantitative estimate of drug-likeness (QED) is 0.321. The molecule has 0 aliphatic heterocycles. The van der Waals surface area contributed by atoms with Gasteiger partial charge in [-0.1, -0.05) is 12.2 Å². The second-order valence-electron chi connectivity index (χ2n) is 8.84. The Morgan fingerprint density at radius 2 is 1.39 bits per heavy atom. The van der Waals surface area contributed by atoms with E-state index in [0.717, 1.165) is 12.0 Å². The fourth-order valence-electron chi connectivity index (χ4n) is 2.49. The predicted molar refractivity (Wildman–Crippen MR) is 109 cm³/mol. The minimum atomic E-state index is -2.89. The van der Waals surface area contributed by atoms with Gasteiger partial charge in [0.25, 0.3) is 0 Å². The molecule has 8 heteroatoms. The maximum Gasteiger partial charge on any atom is 0.335 e. The Labute approximate surface area is 147 Å². The number of rotatable bonds is 11. The zero-order valence-electron chi connectivity index (χ0n) is 16.7. The van der Waals surface area contributed by atoms with E-state index in [1.807, 2.05) is 6.92 Å². The van der Waals surface area contributed by atoms with Crippen LogP contribution in [0.15, 0.2) is 12.2 Å². The smallest absolute Gasteiger partial charge is 0.335 e. The molecule has 1 N–H and O–H groups in total. The van der Waals surface area contributed by atoms with E-state index >= 15 is 0 Å². The van der Waals surface area contributed by atoms with Gasteiger partial charge in [-0.2, -0.15) is 0 Å². The van der Waals surface area contributed by atoms with Gasteiger partial charge in [0.2, 0.25) is 7.83 Å².